The first-order valence-electron chi connectivity index (χ1n) is 1.94. The van der Waals surface area contributed by atoms with E-state index in [1.54, 1.807) is 6.07 Å². The van der Waals surface area contributed by atoms with E-state index in [4.69, 9.17) is 10.7 Å². The number of hydrogen-bond acceptors (Lipinski definition) is 3. The molecule has 0 saturated carbocycles. The fraction of sp³-hybridized carbons (Fsp3) is 0. The molecule has 0 fully saturated rings. The molecule has 1 rings (SSSR count). The smallest absolute Gasteiger partial charge is 0.234 e. The second-order valence-corrected chi connectivity index (χ2v) is 1.19. The van der Waals surface area contributed by atoms with Gasteiger partial charge in [0.05, 0.1) is 6.21 Å². The number of aliphatic imine (C=N–C) groups is 2. The molecule has 0 bridgehead atoms. The van der Waals surface area contributed by atoms with E-state index in [0.717, 1.165) is 0 Å². The van der Waals surface area contributed by atoms with Crippen molar-refractivity contribution in [1.82, 2.24) is 0 Å². The van der Waals surface area contributed by atoms with Gasteiger partial charge in [0.1, 0.15) is 6.07 Å². The van der Waals surface area contributed by atoms with Crippen molar-refractivity contribution in [2.24, 2.45) is 9.98 Å². The summed E-state index contributed by atoms with van der Waals surface area (Å²) in [6.45, 7) is 0. The standard InChI is InChI=1S/C4H2N4/c5-1-4-7-2-3(6)8-4/h2,6H. The number of nitriles is 1. The predicted octanol–water partition coefficient (Wildman–Crippen LogP) is -0.0298. The summed E-state index contributed by atoms with van der Waals surface area (Å²) in [6, 6.07) is 1.71. The summed E-state index contributed by atoms with van der Waals surface area (Å²) in [7, 11) is 0. The van der Waals surface area contributed by atoms with Crippen LogP contribution in [0.2, 0.25) is 0 Å². The molecule has 0 radical (unpaired) electrons. The Morgan fingerprint density at radius 1 is 1.75 bits per heavy atom. The van der Waals surface area contributed by atoms with Gasteiger partial charge in [0.15, 0.2) is 5.84 Å². The number of hydrogen-bond donors (Lipinski definition) is 1. The summed E-state index contributed by atoms with van der Waals surface area (Å²) >= 11 is 0. The van der Waals surface area contributed by atoms with E-state index in [0.29, 0.717) is 0 Å². The molecule has 4 nitrogen and oxygen atoms in total. The van der Waals surface area contributed by atoms with E-state index in [2.05, 4.69) is 9.98 Å². The van der Waals surface area contributed by atoms with Crippen LogP contribution in [0.4, 0.5) is 0 Å². The van der Waals surface area contributed by atoms with Gasteiger partial charge in [-0.3, -0.25) is 5.41 Å². The summed E-state index contributed by atoms with van der Waals surface area (Å²) in [5.41, 5.74) is 0. The van der Waals surface area contributed by atoms with Gasteiger partial charge in [-0.05, 0) is 0 Å². The van der Waals surface area contributed by atoms with E-state index in [1.165, 1.54) is 6.21 Å². The fourth-order valence-electron chi connectivity index (χ4n) is 0.348. The minimum absolute atomic E-state index is 0.0431. The van der Waals surface area contributed by atoms with Gasteiger partial charge in [-0.2, -0.15) is 10.3 Å². The number of nitrogens with zero attached hydrogens (tertiary/aromatic N) is 3. The third-order valence-electron chi connectivity index (χ3n) is 0.635. The monoisotopic (exact) mass is 106 g/mol. The third kappa shape index (κ3) is 0.611. The molecule has 38 valence electrons. The summed E-state index contributed by atoms with van der Waals surface area (Å²) < 4.78 is 0. The van der Waals surface area contributed by atoms with Crippen LogP contribution in [-0.2, 0) is 0 Å². The van der Waals surface area contributed by atoms with Crippen LogP contribution >= 0.6 is 0 Å². The highest BCUT2D eigenvalue weighted by Gasteiger charge is 2.01. The van der Waals surface area contributed by atoms with Crippen molar-refractivity contribution >= 4 is 17.9 Å². The van der Waals surface area contributed by atoms with Crippen molar-refractivity contribution in [3.05, 3.63) is 0 Å². The third-order valence-corrected chi connectivity index (χ3v) is 0.635. The summed E-state index contributed by atoms with van der Waals surface area (Å²) in [5.74, 6) is 0.108. The normalized spacial score (nSPS) is 15.9. The zero-order chi connectivity index (χ0) is 5.98. The Morgan fingerprint density at radius 3 is 2.75 bits per heavy atom. The Morgan fingerprint density at radius 2 is 2.50 bits per heavy atom. The van der Waals surface area contributed by atoms with Crippen molar-refractivity contribution in [2.75, 3.05) is 0 Å². The molecule has 0 aromatic rings. The van der Waals surface area contributed by atoms with Crippen LogP contribution in [-0.4, -0.2) is 17.9 Å². The highest BCUT2D eigenvalue weighted by molar-refractivity contribution is 6.37. The second-order valence-electron chi connectivity index (χ2n) is 1.19. The van der Waals surface area contributed by atoms with Crippen molar-refractivity contribution in [3.63, 3.8) is 0 Å². The first kappa shape index (κ1) is 4.65. The Hall–Kier alpha value is -1.50. The zero-order valence-electron chi connectivity index (χ0n) is 3.92. The lowest BCUT2D eigenvalue weighted by atomic mass is 10.7. The molecule has 1 heterocycles. The van der Waals surface area contributed by atoms with Gasteiger partial charge in [0, 0.05) is 0 Å². The first-order valence-corrected chi connectivity index (χ1v) is 1.94. The molecule has 0 aromatic carbocycles. The van der Waals surface area contributed by atoms with Gasteiger partial charge >= 0.3 is 0 Å². The molecule has 0 amide bonds. The van der Waals surface area contributed by atoms with Gasteiger partial charge in [0.2, 0.25) is 5.84 Å². The summed E-state index contributed by atoms with van der Waals surface area (Å²) in [6.07, 6.45) is 1.23. The maximum Gasteiger partial charge on any atom is 0.234 e. The van der Waals surface area contributed by atoms with E-state index >= 15 is 0 Å². The molecule has 8 heavy (non-hydrogen) atoms. The van der Waals surface area contributed by atoms with E-state index in [9.17, 15) is 0 Å². The average Bonchev–Trinajstić information content (AvgIpc) is 2.14. The molecular weight excluding hydrogens is 104 g/mol. The minimum atomic E-state index is 0.0431. The van der Waals surface area contributed by atoms with Gasteiger partial charge in [-0.1, -0.05) is 0 Å². The number of nitrogens with one attached hydrogen (secondary N) is 1. The zero-order valence-corrected chi connectivity index (χ0v) is 3.92. The molecular formula is C4H2N4. The van der Waals surface area contributed by atoms with E-state index in [1.807, 2.05) is 0 Å². The van der Waals surface area contributed by atoms with Crippen molar-refractivity contribution < 1.29 is 0 Å². The maximum absolute atomic E-state index is 8.09. The van der Waals surface area contributed by atoms with Gasteiger partial charge in [-0.25, -0.2) is 4.99 Å². The minimum Gasteiger partial charge on any atom is -0.281 e. The van der Waals surface area contributed by atoms with Gasteiger partial charge < -0.3 is 0 Å². The van der Waals surface area contributed by atoms with E-state index < -0.39 is 0 Å². The van der Waals surface area contributed by atoms with Crippen LogP contribution in [0.25, 0.3) is 0 Å². The highest BCUT2D eigenvalue weighted by atomic mass is 15.0. The largest absolute Gasteiger partial charge is 0.281 e. The molecule has 0 aromatic heterocycles. The summed E-state index contributed by atoms with van der Waals surface area (Å²) in [5, 5.41) is 14.9. The quantitative estimate of drug-likeness (QED) is 0.462. The Kier molecular flexibility index (Phi) is 0.897. The maximum atomic E-state index is 8.09. The van der Waals surface area contributed by atoms with Gasteiger partial charge in [0.25, 0.3) is 0 Å². The van der Waals surface area contributed by atoms with Crippen LogP contribution in [0.5, 0.6) is 0 Å². The molecule has 0 aliphatic carbocycles. The first-order chi connectivity index (χ1) is 3.83. The molecule has 0 saturated heterocycles. The predicted molar refractivity (Wildman–Crippen MR) is 29.3 cm³/mol. The lowest BCUT2D eigenvalue weighted by molar-refractivity contribution is 1.48. The lowest BCUT2D eigenvalue weighted by Crippen LogP contribution is -1.84. The van der Waals surface area contributed by atoms with Crippen LogP contribution in [0.3, 0.4) is 0 Å². The molecule has 0 atom stereocenters. The molecule has 1 N–H and O–H groups in total. The molecule has 0 spiro atoms. The average molecular weight is 106 g/mol. The van der Waals surface area contributed by atoms with Crippen LogP contribution in [0.1, 0.15) is 0 Å². The topological polar surface area (TPSA) is 72.4 Å². The molecule has 1 aliphatic heterocycles. The van der Waals surface area contributed by atoms with Crippen molar-refractivity contribution in [3.8, 4) is 6.07 Å². The SMILES string of the molecule is N#CC1=NC(=N)C=N1. The van der Waals surface area contributed by atoms with Crippen molar-refractivity contribution in [2.45, 2.75) is 0 Å². The Bertz CT molecular complexity index is 217. The van der Waals surface area contributed by atoms with E-state index in [-0.39, 0.29) is 11.7 Å². The highest BCUT2D eigenvalue weighted by Crippen LogP contribution is 1.87. The second kappa shape index (κ2) is 1.54. The number of amidine groups is 2. The Balaban J connectivity index is 2.92. The van der Waals surface area contributed by atoms with Crippen LogP contribution < -0.4 is 0 Å². The van der Waals surface area contributed by atoms with Crippen LogP contribution in [0.15, 0.2) is 9.98 Å². The molecule has 1 aliphatic rings. The molecule has 0 unspecified atom stereocenters. The van der Waals surface area contributed by atoms with Crippen molar-refractivity contribution in [1.29, 1.82) is 10.7 Å². The van der Waals surface area contributed by atoms with Crippen LogP contribution in [0, 0.1) is 16.7 Å². The number of rotatable bonds is 0. The van der Waals surface area contributed by atoms with Gasteiger partial charge in [-0.15, -0.1) is 0 Å². The fourth-order valence-corrected chi connectivity index (χ4v) is 0.348. The molecule has 4 heteroatoms. The summed E-state index contributed by atoms with van der Waals surface area (Å²) in [4.78, 5) is 6.90. The lowest BCUT2D eigenvalue weighted by Gasteiger charge is -1.69. The Labute approximate surface area is 45.7 Å².